The second kappa shape index (κ2) is 19.2. The Labute approximate surface area is 320 Å². The minimum absolute atomic E-state index is 0.583. The predicted molar refractivity (Wildman–Crippen MR) is 222 cm³/mol. The van der Waals surface area contributed by atoms with Gasteiger partial charge in [0.05, 0.1) is 0 Å². The van der Waals surface area contributed by atoms with Crippen LogP contribution >= 0.6 is 0 Å². The van der Waals surface area contributed by atoms with Gasteiger partial charge in [-0.1, -0.05) is 67.8 Å². The van der Waals surface area contributed by atoms with Gasteiger partial charge >= 0.3 is 0 Å². The fourth-order valence-electron chi connectivity index (χ4n) is 9.88. The molecule has 5 heteroatoms. The molecule has 5 heterocycles. The molecular weight excluding hydrogens is 637 g/mol. The maximum Gasteiger partial charge on any atom is 0.0471 e. The van der Waals surface area contributed by atoms with E-state index < -0.39 is 0 Å². The fourth-order valence-corrected chi connectivity index (χ4v) is 9.88. The highest BCUT2D eigenvalue weighted by Gasteiger charge is 2.44. The van der Waals surface area contributed by atoms with Crippen molar-refractivity contribution < 1.29 is 4.74 Å². The Bertz CT molecular complexity index is 1330. The van der Waals surface area contributed by atoms with E-state index in [4.69, 9.17) is 4.74 Å². The van der Waals surface area contributed by atoms with Gasteiger partial charge in [-0.15, -0.1) is 0 Å². The molecular formula is C47H78N4O. The lowest BCUT2D eigenvalue weighted by atomic mass is 9.68. The van der Waals surface area contributed by atoms with Crippen molar-refractivity contribution >= 4 is 0 Å². The van der Waals surface area contributed by atoms with E-state index in [1.54, 1.807) is 5.56 Å². The summed E-state index contributed by atoms with van der Waals surface area (Å²) in [5.74, 6) is 0. The molecule has 1 atom stereocenters. The third-order valence-electron chi connectivity index (χ3n) is 13.7. The first-order chi connectivity index (χ1) is 24.9. The first-order valence-electron chi connectivity index (χ1n) is 21.6. The molecule has 5 nitrogen and oxygen atoms in total. The number of benzene rings is 2. The molecule has 0 aromatic heterocycles. The number of hydrogen-bond acceptors (Lipinski definition) is 5. The third-order valence-corrected chi connectivity index (χ3v) is 13.7. The van der Waals surface area contributed by atoms with Crippen molar-refractivity contribution in [1.82, 2.24) is 19.6 Å². The summed E-state index contributed by atoms with van der Waals surface area (Å²) in [5.41, 5.74) is 7.52. The van der Waals surface area contributed by atoms with Crippen LogP contribution in [-0.2, 0) is 24.1 Å². The number of fused-ring (bicyclic) bond motifs is 2. The van der Waals surface area contributed by atoms with Gasteiger partial charge in [0.15, 0.2) is 0 Å². The number of rotatable bonds is 4. The van der Waals surface area contributed by atoms with Gasteiger partial charge in [-0.25, -0.2) is 0 Å². The van der Waals surface area contributed by atoms with Gasteiger partial charge in [0.2, 0.25) is 0 Å². The average molecular weight is 715 g/mol. The van der Waals surface area contributed by atoms with E-state index in [-0.39, 0.29) is 0 Å². The van der Waals surface area contributed by atoms with E-state index >= 15 is 0 Å². The summed E-state index contributed by atoms with van der Waals surface area (Å²) in [4.78, 5) is 10.3. The lowest BCUT2D eigenvalue weighted by molar-refractivity contribution is -0.0465. The van der Waals surface area contributed by atoms with Crippen LogP contribution in [0.5, 0.6) is 0 Å². The van der Waals surface area contributed by atoms with Gasteiger partial charge in [-0.3, -0.25) is 14.7 Å². The molecule has 0 N–H and O–H groups in total. The Morgan fingerprint density at radius 1 is 0.538 bits per heavy atom. The van der Waals surface area contributed by atoms with Crippen molar-refractivity contribution in [3.05, 3.63) is 70.8 Å². The summed E-state index contributed by atoms with van der Waals surface area (Å²) < 4.78 is 5.43. The van der Waals surface area contributed by atoms with Gasteiger partial charge in [0, 0.05) is 82.7 Å². The molecule has 8 rings (SSSR count). The third kappa shape index (κ3) is 10.9. The van der Waals surface area contributed by atoms with Crippen molar-refractivity contribution in [2.24, 2.45) is 10.8 Å². The maximum atomic E-state index is 5.43. The first kappa shape index (κ1) is 41.4. The Morgan fingerprint density at radius 2 is 1.10 bits per heavy atom. The van der Waals surface area contributed by atoms with Crippen LogP contribution < -0.4 is 0 Å². The van der Waals surface area contributed by atoms with E-state index in [1.807, 2.05) is 0 Å². The van der Waals surface area contributed by atoms with Crippen molar-refractivity contribution in [1.29, 1.82) is 0 Å². The SMILES string of the molecule is CC(C)N1CC2(CCCCC2)C1.CC(C)N1CCC2(CCOCC2)C1.CC(C)N1CCc2ccccc2C1.CC(C)N1CCc2ccccc2C1C. The molecule has 52 heavy (non-hydrogen) atoms. The van der Waals surface area contributed by atoms with Crippen LogP contribution in [0.4, 0.5) is 0 Å². The van der Waals surface area contributed by atoms with Crippen LogP contribution in [0.15, 0.2) is 48.5 Å². The molecule has 2 spiro atoms. The molecule has 3 saturated heterocycles. The summed E-state index contributed by atoms with van der Waals surface area (Å²) in [6, 6.07) is 21.0. The predicted octanol–water partition coefficient (Wildman–Crippen LogP) is 10.0. The average Bonchev–Trinajstić information content (AvgIpc) is 3.55. The van der Waals surface area contributed by atoms with Crippen molar-refractivity contribution in [2.75, 3.05) is 52.5 Å². The fraction of sp³-hybridized carbons (Fsp3) is 0.745. The summed E-state index contributed by atoms with van der Waals surface area (Å²) in [6.07, 6.45) is 13.9. The molecule has 1 saturated carbocycles. The van der Waals surface area contributed by atoms with Crippen LogP contribution in [0.3, 0.4) is 0 Å². The van der Waals surface area contributed by atoms with Gasteiger partial charge in [-0.05, 0) is 147 Å². The summed E-state index contributed by atoms with van der Waals surface area (Å²) in [7, 11) is 0. The van der Waals surface area contributed by atoms with Crippen LogP contribution in [0.1, 0.15) is 142 Å². The number of nitrogens with zero attached hydrogens (tertiary/aromatic N) is 4. The quantitative estimate of drug-likeness (QED) is 0.314. The Morgan fingerprint density at radius 3 is 1.69 bits per heavy atom. The largest absolute Gasteiger partial charge is 0.381 e. The van der Waals surface area contributed by atoms with E-state index in [2.05, 4.69) is 130 Å². The van der Waals surface area contributed by atoms with Crippen LogP contribution in [0.2, 0.25) is 0 Å². The van der Waals surface area contributed by atoms with Crippen molar-refractivity contribution in [3.8, 4) is 0 Å². The van der Waals surface area contributed by atoms with Gasteiger partial charge in [-0.2, -0.15) is 0 Å². The number of ether oxygens (including phenoxy) is 1. The Kier molecular flexibility index (Phi) is 15.3. The summed E-state index contributed by atoms with van der Waals surface area (Å²) >= 11 is 0. The Balaban J connectivity index is 0.000000134. The molecule has 1 unspecified atom stereocenters. The van der Waals surface area contributed by atoms with E-state index in [1.165, 1.54) is 120 Å². The molecule has 5 aliphatic heterocycles. The lowest BCUT2D eigenvalue weighted by Gasteiger charge is -2.54. The second-order valence-corrected chi connectivity index (χ2v) is 18.5. The molecule has 4 fully saturated rings. The molecule has 6 aliphatic rings. The highest BCUT2D eigenvalue weighted by molar-refractivity contribution is 5.32. The minimum Gasteiger partial charge on any atom is -0.381 e. The molecule has 292 valence electrons. The van der Waals surface area contributed by atoms with Crippen LogP contribution in [0, 0.1) is 10.8 Å². The standard InChI is InChI=1S/C13H19N.C12H17N.C11H21NO.C11H21N/c1-10(2)14-9-8-12-6-4-5-7-13(12)11(14)3;1-10(2)13-8-7-11-5-3-4-6-12(11)9-13;1-10(2)12-6-3-11(9-12)4-7-13-8-5-11;1-10(2)12-8-11(9-12)6-4-3-5-7-11/h4-7,10-11H,8-9H2,1-3H3;3-6,10H,7-9H2,1-2H3;10H,3-9H2,1-2H3;10H,3-9H2,1-2H3. The van der Waals surface area contributed by atoms with E-state index in [0.29, 0.717) is 23.5 Å². The van der Waals surface area contributed by atoms with Gasteiger partial charge in [0.25, 0.3) is 0 Å². The minimum atomic E-state index is 0.583. The first-order valence-corrected chi connectivity index (χ1v) is 21.6. The molecule has 0 radical (unpaired) electrons. The normalized spacial score (nSPS) is 24.4. The second-order valence-electron chi connectivity index (χ2n) is 18.5. The Hall–Kier alpha value is -1.76. The zero-order valence-corrected chi connectivity index (χ0v) is 35.1. The zero-order chi connectivity index (χ0) is 37.3. The van der Waals surface area contributed by atoms with Crippen molar-refractivity contribution in [3.63, 3.8) is 0 Å². The number of hydrogen-bond donors (Lipinski definition) is 0. The topological polar surface area (TPSA) is 22.2 Å². The molecule has 0 amide bonds. The monoisotopic (exact) mass is 715 g/mol. The van der Waals surface area contributed by atoms with Crippen LogP contribution in [-0.4, -0.2) is 96.2 Å². The smallest absolute Gasteiger partial charge is 0.0471 e. The highest BCUT2D eigenvalue weighted by atomic mass is 16.5. The van der Waals surface area contributed by atoms with E-state index in [0.717, 1.165) is 37.3 Å². The molecule has 0 bridgehead atoms. The highest BCUT2D eigenvalue weighted by Crippen LogP contribution is 2.44. The molecule has 2 aromatic carbocycles. The van der Waals surface area contributed by atoms with E-state index in [9.17, 15) is 0 Å². The van der Waals surface area contributed by atoms with Crippen molar-refractivity contribution in [2.45, 2.75) is 163 Å². The van der Waals surface area contributed by atoms with Crippen LogP contribution in [0.25, 0.3) is 0 Å². The molecule has 2 aromatic rings. The number of likely N-dealkylation sites (tertiary alicyclic amines) is 2. The summed E-state index contributed by atoms with van der Waals surface area (Å²) in [5, 5.41) is 0. The summed E-state index contributed by atoms with van der Waals surface area (Å²) in [6.45, 7) is 31.6. The zero-order valence-electron chi connectivity index (χ0n) is 35.1. The lowest BCUT2D eigenvalue weighted by Crippen LogP contribution is -2.59. The maximum absolute atomic E-state index is 5.43. The van der Waals surface area contributed by atoms with Gasteiger partial charge < -0.3 is 9.64 Å². The van der Waals surface area contributed by atoms with Gasteiger partial charge in [0.1, 0.15) is 0 Å². The molecule has 1 aliphatic carbocycles.